The van der Waals surface area contributed by atoms with E-state index >= 15 is 0 Å². The van der Waals surface area contributed by atoms with Crippen molar-refractivity contribution in [1.82, 2.24) is 0 Å². The number of aromatic hydroxyl groups is 1. The van der Waals surface area contributed by atoms with Gasteiger partial charge in [-0.1, -0.05) is 36.7 Å². The second-order valence-corrected chi connectivity index (χ2v) is 6.30. The third-order valence-electron chi connectivity index (χ3n) is 2.84. The number of halogens is 1. The van der Waals surface area contributed by atoms with Crippen molar-refractivity contribution in [3.63, 3.8) is 0 Å². The van der Waals surface area contributed by atoms with E-state index in [0.29, 0.717) is 0 Å². The Morgan fingerprint density at radius 1 is 1.20 bits per heavy atom. The minimum atomic E-state index is -3.83. The number of rotatable bonds is 4. The van der Waals surface area contributed by atoms with Crippen LogP contribution in [-0.4, -0.2) is 13.5 Å². The number of aryl methyl sites for hydroxylation is 1. The predicted molar refractivity (Wildman–Crippen MR) is 79.7 cm³/mol. The van der Waals surface area contributed by atoms with Crippen LogP contribution in [0, 0.1) is 0 Å². The Bertz CT molecular complexity index is 729. The van der Waals surface area contributed by atoms with Crippen LogP contribution in [0.5, 0.6) is 5.75 Å². The number of anilines is 1. The van der Waals surface area contributed by atoms with Gasteiger partial charge in [-0.05, 0) is 36.2 Å². The number of nitrogens with one attached hydrogen (secondary N) is 1. The van der Waals surface area contributed by atoms with Crippen LogP contribution in [0.1, 0.15) is 12.5 Å². The Balaban J connectivity index is 2.41. The molecule has 20 heavy (non-hydrogen) atoms. The van der Waals surface area contributed by atoms with Gasteiger partial charge in [-0.2, -0.15) is 0 Å². The van der Waals surface area contributed by atoms with Gasteiger partial charge in [0.1, 0.15) is 10.6 Å². The lowest BCUT2D eigenvalue weighted by Crippen LogP contribution is -2.13. The first kappa shape index (κ1) is 14.7. The first-order valence-corrected chi connectivity index (χ1v) is 7.89. The molecule has 2 aromatic carbocycles. The molecule has 0 aliphatic carbocycles. The zero-order valence-corrected chi connectivity index (χ0v) is 12.4. The van der Waals surface area contributed by atoms with Crippen LogP contribution in [0.4, 0.5) is 5.69 Å². The Labute approximate surface area is 123 Å². The van der Waals surface area contributed by atoms with E-state index in [2.05, 4.69) is 4.72 Å². The Hall–Kier alpha value is -1.72. The van der Waals surface area contributed by atoms with Crippen molar-refractivity contribution < 1.29 is 13.5 Å². The van der Waals surface area contributed by atoms with E-state index in [1.807, 2.05) is 6.92 Å². The molecule has 2 rings (SSSR count). The number of hydrogen-bond donors (Lipinski definition) is 2. The van der Waals surface area contributed by atoms with Gasteiger partial charge in [-0.25, -0.2) is 8.42 Å². The predicted octanol–water partition coefficient (Wildman–Crippen LogP) is 3.41. The van der Waals surface area contributed by atoms with Gasteiger partial charge in [-0.15, -0.1) is 0 Å². The molecule has 6 heteroatoms. The van der Waals surface area contributed by atoms with Crippen LogP contribution in [0.2, 0.25) is 5.02 Å². The molecule has 0 amide bonds. The fourth-order valence-corrected chi connectivity index (χ4v) is 3.33. The zero-order chi connectivity index (χ0) is 14.8. The summed E-state index contributed by atoms with van der Waals surface area (Å²) >= 11 is 5.89. The van der Waals surface area contributed by atoms with Gasteiger partial charge in [0.25, 0.3) is 10.0 Å². The van der Waals surface area contributed by atoms with Crippen molar-refractivity contribution in [3.05, 3.63) is 53.1 Å². The standard InChI is InChI=1S/C14H14ClNO3S/c1-2-10-7-8-13(17)12(9-10)16-20(18,19)14-6-4-3-5-11(14)15/h3-9,16-17H,2H2,1H3. The first-order valence-electron chi connectivity index (χ1n) is 6.03. The summed E-state index contributed by atoms with van der Waals surface area (Å²) in [5.74, 6) is -0.127. The molecule has 0 unspecified atom stereocenters. The lowest BCUT2D eigenvalue weighted by molar-refractivity contribution is 0.477. The maximum Gasteiger partial charge on any atom is 0.263 e. The molecule has 0 spiro atoms. The molecule has 4 nitrogen and oxygen atoms in total. The molecule has 0 bridgehead atoms. The second kappa shape index (κ2) is 5.73. The average Bonchev–Trinajstić information content (AvgIpc) is 2.41. The van der Waals surface area contributed by atoms with Crippen molar-refractivity contribution in [1.29, 1.82) is 0 Å². The lowest BCUT2D eigenvalue weighted by Gasteiger charge is -2.11. The molecule has 2 N–H and O–H groups in total. The minimum absolute atomic E-state index is 0.0250. The van der Waals surface area contributed by atoms with Crippen LogP contribution in [0.15, 0.2) is 47.4 Å². The Morgan fingerprint density at radius 3 is 2.55 bits per heavy atom. The summed E-state index contributed by atoms with van der Waals surface area (Å²) in [6.07, 6.45) is 0.737. The van der Waals surface area contributed by atoms with Gasteiger partial charge in [0.15, 0.2) is 0 Å². The van der Waals surface area contributed by atoms with Crippen molar-refractivity contribution >= 4 is 27.3 Å². The molecule has 0 radical (unpaired) electrons. The normalized spacial score (nSPS) is 11.3. The minimum Gasteiger partial charge on any atom is -0.506 e. The molecule has 0 aromatic heterocycles. The van der Waals surface area contributed by atoms with Crippen molar-refractivity contribution in [2.75, 3.05) is 4.72 Å². The highest BCUT2D eigenvalue weighted by molar-refractivity contribution is 7.92. The van der Waals surface area contributed by atoms with Crippen LogP contribution in [0.25, 0.3) is 0 Å². The molecule has 0 heterocycles. The van der Waals surface area contributed by atoms with Gasteiger partial charge >= 0.3 is 0 Å². The maximum absolute atomic E-state index is 12.3. The average molecular weight is 312 g/mol. The molecule has 0 aliphatic rings. The quantitative estimate of drug-likeness (QED) is 0.850. The summed E-state index contributed by atoms with van der Waals surface area (Å²) in [5.41, 5.74) is 1.06. The van der Waals surface area contributed by atoms with Gasteiger partial charge in [0.2, 0.25) is 0 Å². The van der Waals surface area contributed by atoms with Crippen LogP contribution in [0.3, 0.4) is 0 Å². The van der Waals surface area contributed by atoms with Gasteiger partial charge in [0, 0.05) is 0 Å². The Morgan fingerprint density at radius 2 is 1.90 bits per heavy atom. The second-order valence-electron chi connectivity index (χ2n) is 4.24. The Kier molecular flexibility index (Phi) is 4.20. The highest BCUT2D eigenvalue weighted by Crippen LogP contribution is 2.29. The summed E-state index contributed by atoms with van der Waals surface area (Å²) in [6, 6.07) is 10.9. The van der Waals surface area contributed by atoms with Gasteiger partial charge < -0.3 is 5.11 Å². The van der Waals surface area contributed by atoms with Crippen molar-refractivity contribution in [2.45, 2.75) is 18.2 Å². The van der Waals surface area contributed by atoms with Gasteiger partial charge in [-0.3, -0.25) is 4.72 Å². The monoisotopic (exact) mass is 311 g/mol. The number of phenols is 1. The maximum atomic E-state index is 12.3. The van der Waals surface area contributed by atoms with Gasteiger partial charge in [0.05, 0.1) is 10.7 Å². The van der Waals surface area contributed by atoms with Crippen LogP contribution < -0.4 is 4.72 Å². The molecule has 0 saturated heterocycles. The number of phenolic OH excluding ortho intramolecular Hbond substituents is 1. The third kappa shape index (κ3) is 3.05. The SMILES string of the molecule is CCc1ccc(O)c(NS(=O)(=O)c2ccccc2Cl)c1. The fourth-order valence-electron chi connectivity index (χ4n) is 1.75. The number of hydrogen-bond acceptors (Lipinski definition) is 3. The van der Waals surface area contributed by atoms with E-state index in [0.717, 1.165) is 12.0 Å². The van der Waals surface area contributed by atoms with Crippen LogP contribution in [-0.2, 0) is 16.4 Å². The summed E-state index contributed by atoms with van der Waals surface area (Å²) in [7, 11) is -3.83. The summed E-state index contributed by atoms with van der Waals surface area (Å²) in [4.78, 5) is -0.0250. The molecule has 0 fully saturated rings. The summed E-state index contributed by atoms with van der Waals surface area (Å²) in [5, 5.41) is 9.88. The molecule has 2 aromatic rings. The van der Waals surface area contributed by atoms with E-state index in [-0.39, 0.29) is 21.4 Å². The van der Waals surface area contributed by atoms with Crippen molar-refractivity contribution in [3.8, 4) is 5.75 Å². The fraction of sp³-hybridized carbons (Fsp3) is 0.143. The molecule has 0 atom stereocenters. The van der Waals surface area contributed by atoms with E-state index in [9.17, 15) is 13.5 Å². The topological polar surface area (TPSA) is 66.4 Å². The number of benzene rings is 2. The smallest absolute Gasteiger partial charge is 0.263 e. The molecular formula is C14H14ClNO3S. The van der Waals surface area contributed by atoms with E-state index in [1.165, 1.54) is 18.2 Å². The van der Waals surface area contributed by atoms with Crippen molar-refractivity contribution in [2.24, 2.45) is 0 Å². The zero-order valence-electron chi connectivity index (χ0n) is 10.8. The van der Waals surface area contributed by atoms with E-state index in [1.54, 1.807) is 24.3 Å². The highest BCUT2D eigenvalue weighted by Gasteiger charge is 2.19. The molecule has 0 saturated carbocycles. The summed E-state index contributed by atoms with van der Waals surface area (Å²) < 4.78 is 26.9. The lowest BCUT2D eigenvalue weighted by atomic mass is 10.1. The van der Waals surface area contributed by atoms with E-state index < -0.39 is 10.0 Å². The highest BCUT2D eigenvalue weighted by atomic mass is 35.5. The van der Waals surface area contributed by atoms with Crippen LogP contribution >= 0.6 is 11.6 Å². The summed E-state index contributed by atoms with van der Waals surface area (Å²) in [6.45, 7) is 1.94. The number of sulfonamides is 1. The first-order chi connectivity index (χ1) is 9.44. The largest absolute Gasteiger partial charge is 0.506 e. The molecular weight excluding hydrogens is 298 g/mol. The molecule has 106 valence electrons. The van der Waals surface area contributed by atoms with E-state index in [4.69, 9.17) is 11.6 Å². The third-order valence-corrected chi connectivity index (χ3v) is 4.71. The molecule has 0 aliphatic heterocycles.